The molecule has 0 radical (unpaired) electrons. The molecule has 5 rings (SSSR count). The fourth-order valence-electron chi connectivity index (χ4n) is 3.65. The lowest BCUT2D eigenvalue weighted by molar-refractivity contribution is 0.174. The predicted molar refractivity (Wildman–Crippen MR) is 88.0 cm³/mol. The molecule has 3 aromatic rings. The Bertz CT molecular complexity index is 898. The molecule has 4 nitrogen and oxygen atoms in total. The molecular weight excluding hydrogens is 288 g/mol. The third kappa shape index (κ3) is 2.17. The molecule has 1 aliphatic carbocycles. The van der Waals surface area contributed by atoms with Gasteiger partial charge in [0.25, 0.3) is 0 Å². The van der Waals surface area contributed by atoms with E-state index in [1.165, 1.54) is 47.9 Å². The number of rotatable bonds is 2. The van der Waals surface area contributed by atoms with Crippen LogP contribution in [0.3, 0.4) is 0 Å². The van der Waals surface area contributed by atoms with Crippen molar-refractivity contribution < 1.29 is 9.47 Å². The van der Waals surface area contributed by atoms with Gasteiger partial charge in [0.05, 0.1) is 17.4 Å². The molecule has 0 atom stereocenters. The Labute approximate surface area is 134 Å². The van der Waals surface area contributed by atoms with Gasteiger partial charge < -0.3 is 14.0 Å². The highest BCUT2D eigenvalue weighted by Crippen LogP contribution is 2.33. The van der Waals surface area contributed by atoms with Crippen molar-refractivity contribution in [2.45, 2.75) is 32.2 Å². The summed E-state index contributed by atoms with van der Waals surface area (Å²) in [5.74, 6) is 1.67. The Morgan fingerprint density at radius 2 is 1.78 bits per heavy atom. The third-order valence-corrected chi connectivity index (χ3v) is 4.87. The molecule has 2 heterocycles. The number of aryl methyl sites for hydroxylation is 2. The molecule has 0 N–H and O–H groups in total. The van der Waals surface area contributed by atoms with Crippen LogP contribution in [0.15, 0.2) is 36.7 Å². The lowest BCUT2D eigenvalue weighted by Crippen LogP contribution is -2.03. The first kappa shape index (κ1) is 13.0. The van der Waals surface area contributed by atoms with Crippen molar-refractivity contribution in [1.82, 2.24) is 9.55 Å². The van der Waals surface area contributed by atoms with Crippen LogP contribution in [0.25, 0.3) is 11.0 Å². The summed E-state index contributed by atoms with van der Waals surface area (Å²) in [6, 6.07) is 10.8. The summed E-state index contributed by atoms with van der Waals surface area (Å²) in [7, 11) is 0. The molecule has 2 aromatic carbocycles. The van der Waals surface area contributed by atoms with Crippen LogP contribution in [0.2, 0.25) is 0 Å². The summed E-state index contributed by atoms with van der Waals surface area (Å²) >= 11 is 0. The van der Waals surface area contributed by atoms with Crippen LogP contribution in [0.4, 0.5) is 0 Å². The Kier molecular flexibility index (Phi) is 2.83. The Morgan fingerprint density at radius 3 is 2.70 bits per heavy atom. The average molecular weight is 306 g/mol. The minimum atomic E-state index is 0.318. The zero-order valence-corrected chi connectivity index (χ0v) is 12.9. The van der Waals surface area contributed by atoms with Crippen LogP contribution in [-0.4, -0.2) is 16.3 Å². The fourth-order valence-corrected chi connectivity index (χ4v) is 3.65. The van der Waals surface area contributed by atoms with Gasteiger partial charge in [-0.3, -0.25) is 0 Å². The molecule has 0 unspecified atom stereocenters. The van der Waals surface area contributed by atoms with Crippen LogP contribution in [0.1, 0.15) is 29.5 Å². The van der Waals surface area contributed by atoms with E-state index in [4.69, 9.17) is 9.47 Å². The lowest BCUT2D eigenvalue weighted by Gasteiger charge is -2.16. The number of fused-ring (bicyclic) bond motifs is 3. The van der Waals surface area contributed by atoms with Crippen molar-refractivity contribution in [2.24, 2.45) is 0 Å². The van der Waals surface area contributed by atoms with Crippen molar-refractivity contribution >= 4 is 11.0 Å². The van der Waals surface area contributed by atoms with Gasteiger partial charge in [-0.2, -0.15) is 0 Å². The summed E-state index contributed by atoms with van der Waals surface area (Å²) in [4.78, 5) is 4.60. The maximum Gasteiger partial charge on any atom is 0.231 e. The number of aromatic nitrogens is 2. The Balaban J connectivity index is 1.53. The Hall–Kier alpha value is -2.49. The quantitative estimate of drug-likeness (QED) is 0.724. The molecule has 0 saturated heterocycles. The van der Waals surface area contributed by atoms with E-state index in [1.807, 2.05) is 12.4 Å². The topological polar surface area (TPSA) is 36.3 Å². The normalized spacial score (nSPS) is 15.8. The van der Waals surface area contributed by atoms with Gasteiger partial charge in [0.2, 0.25) is 6.79 Å². The summed E-state index contributed by atoms with van der Waals surface area (Å²) in [6.45, 7) is 1.12. The zero-order chi connectivity index (χ0) is 15.2. The number of benzene rings is 2. The van der Waals surface area contributed by atoms with Gasteiger partial charge in [-0.25, -0.2) is 4.98 Å². The molecule has 0 saturated carbocycles. The van der Waals surface area contributed by atoms with Gasteiger partial charge in [0.1, 0.15) is 0 Å². The van der Waals surface area contributed by atoms with Gasteiger partial charge in [-0.15, -0.1) is 0 Å². The zero-order valence-electron chi connectivity index (χ0n) is 12.9. The van der Waals surface area contributed by atoms with E-state index >= 15 is 0 Å². The van der Waals surface area contributed by atoms with Crippen LogP contribution >= 0.6 is 0 Å². The van der Waals surface area contributed by atoms with Crippen molar-refractivity contribution in [1.29, 1.82) is 0 Å². The summed E-state index contributed by atoms with van der Waals surface area (Å²) in [5, 5.41) is 0. The number of hydrogen-bond donors (Lipinski definition) is 0. The fraction of sp³-hybridized carbons (Fsp3) is 0.316. The highest BCUT2D eigenvalue weighted by molar-refractivity contribution is 5.77. The molecule has 116 valence electrons. The highest BCUT2D eigenvalue weighted by Gasteiger charge is 2.15. The summed E-state index contributed by atoms with van der Waals surface area (Å²) in [6.07, 6.45) is 6.94. The second kappa shape index (κ2) is 5.01. The first-order valence-corrected chi connectivity index (χ1v) is 8.22. The molecule has 0 fully saturated rings. The van der Waals surface area contributed by atoms with E-state index in [1.54, 1.807) is 0 Å². The molecule has 2 aliphatic rings. The van der Waals surface area contributed by atoms with Crippen LogP contribution in [0.5, 0.6) is 11.5 Å². The largest absolute Gasteiger partial charge is 0.454 e. The summed E-state index contributed by atoms with van der Waals surface area (Å²) in [5.41, 5.74) is 6.51. The standard InChI is InChI=1S/C19H18N2O2/c1-2-4-15-9-17-16(8-14(15)3-1)20-11-21(17)10-13-5-6-18-19(7-13)23-12-22-18/h5-9,11H,1-4,10,12H2. The molecule has 4 heteroatoms. The maximum atomic E-state index is 5.47. The van der Waals surface area contributed by atoms with E-state index in [2.05, 4.69) is 33.8 Å². The van der Waals surface area contributed by atoms with E-state index in [-0.39, 0.29) is 0 Å². The highest BCUT2D eigenvalue weighted by atomic mass is 16.7. The van der Waals surface area contributed by atoms with Gasteiger partial charge >= 0.3 is 0 Å². The summed E-state index contributed by atoms with van der Waals surface area (Å²) < 4.78 is 13.1. The second-order valence-electron chi connectivity index (χ2n) is 6.38. The molecule has 0 amide bonds. The number of nitrogens with zero attached hydrogens (tertiary/aromatic N) is 2. The van der Waals surface area contributed by atoms with Gasteiger partial charge in [0.15, 0.2) is 11.5 Å². The molecule has 23 heavy (non-hydrogen) atoms. The van der Waals surface area contributed by atoms with Crippen LogP contribution in [0, 0.1) is 0 Å². The van der Waals surface area contributed by atoms with Crippen molar-refractivity contribution in [3.05, 3.63) is 53.3 Å². The van der Waals surface area contributed by atoms with E-state index in [0.717, 1.165) is 23.6 Å². The van der Waals surface area contributed by atoms with Crippen LogP contribution < -0.4 is 9.47 Å². The maximum absolute atomic E-state index is 5.47. The van der Waals surface area contributed by atoms with Crippen LogP contribution in [-0.2, 0) is 19.4 Å². The molecule has 0 bridgehead atoms. The molecule has 0 spiro atoms. The Morgan fingerprint density at radius 1 is 0.957 bits per heavy atom. The van der Waals surface area contributed by atoms with E-state index in [9.17, 15) is 0 Å². The van der Waals surface area contributed by atoms with Gasteiger partial charge in [-0.05, 0) is 66.6 Å². The first-order chi connectivity index (χ1) is 11.4. The van der Waals surface area contributed by atoms with Gasteiger partial charge in [-0.1, -0.05) is 6.07 Å². The smallest absolute Gasteiger partial charge is 0.231 e. The SMILES string of the molecule is c1cc2c(cc1Cn1cnc3cc4c(cc31)CCCC4)OCO2. The average Bonchev–Trinajstić information content (AvgIpc) is 3.20. The minimum Gasteiger partial charge on any atom is -0.454 e. The van der Waals surface area contributed by atoms with E-state index in [0.29, 0.717) is 6.79 Å². The number of hydrogen-bond acceptors (Lipinski definition) is 3. The second-order valence-corrected chi connectivity index (χ2v) is 6.38. The number of imidazole rings is 1. The molecule has 1 aliphatic heterocycles. The molecular formula is C19H18N2O2. The van der Waals surface area contributed by atoms with Crippen molar-refractivity contribution in [2.75, 3.05) is 6.79 Å². The first-order valence-electron chi connectivity index (χ1n) is 8.22. The number of ether oxygens (including phenoxy) is 2. The predicted octanol–water partition coefficient (Wildman–Crippen LogP) is 3.69. The van der Waals surface area contributed by atoms with E-state index < -0.39 is 0 Å². The van der Waals surface area contributed by atoms with Gasteiger partial charge in [0, 0.05) is 6.54 Å². The monoisotopic (exact) mass is 306 g/mol. The van der Waals surface area contributed by atoms with Crippen molar-refractivity contribution in [3.8, 4) is 11.5 Å². The van der Waals surface area contributed by atoms with Crippen molar-refractivity contribution in [3.63, 3.8) is 0 Å². The molecule has 1 aromatic heterocycles. The third-order valence-electron chi connectivity index (χ3n) is 4.87. The minimum absolute atomic E-state index is 0.318. The lowest BCUT2D eigenvalue weighted by atomic mass is 9.91.